The highest BCUT2D eigenvalue weighted by atomic mass is 35.5. The Kier molecular flexibility index (Phi) is 4.95. The second-order valence-corrected chi connectivity index (χ2v) is 8.81. The lowest BCUT2D eigenvalue weighted by Crippen LogP contribution is -2.33. The van der Waals surface area contributed by atoms with Crippen LogP contribution in [0.25, 0.3) is 22.2 Å². The van der Waals surface area contributed by atoms with Gasteiger partial charge in [0.1, 0.15) is 35.2 Å². The first-order chi connectivity index (χ1) is 17.5. The fraction of sp³-hybridized carbons (Fsp3) is 0.167. The van der Waals surface area contributed by atoms with Gasteiger partial charge in [0.05, 0.1) is 39.7 Å². The van der Waals surface area contributed by atoms with Crippen LogP contribution in [0.4, 0.5) is 10.2 Å². The monoisotopic (exact) mass is 499 g/mol. The van der Waals surface area contributed by atoms with Crippen molar-refractivity contribution < 1.29 is 4.39 Å². The average molecular weight is 500 g/mol. The molecule has 1 saturated heterocycles. The Labute approximate surface area is 207 Å². The predicted molar refractivity (Wildman–Crippen MR) is 128 cm³/mol. The molecule has 0 spiro atoms. The van der Waals surface area contributed by atoms with Crippen LogP contribution < -0.4 is 10.5 Å². The van der Waals surface area contributed by atoms with Crippen LogP contribution in [0.2, 0.25) is 5.02 Å². The van der Waals surface area contributed by atoms with Gasteiger partial charge in [-0.15, -0.1) is 0 Å². The molecule has 2 atom stereocenters. The number of nitriles is 2. The lowest BCUT2D eigenvalue weighted by atomic mass is 10.1. The maximum atomic E-state index is 14.2. The molecule has 5 aromatic rings. The molecule has 0 bridgehead atoms. The van der Waals surface area contributed by atoms with Gasteiger partial charge in [-0.3, -0.25) is 9.36 Å². The number of H-pyrrole nitrogens is 1. The van der Waals surface area contributed by atoms with Gasteiger partial charge in [0.25, 0.3) is 5.56 Å². The number of hydrogen-bond acceptors (Lipinski definition) is 7. The van der Waals surface area contributed by atoms with Crippen molar-refractivity contribution in [1.29, 1.82) is 10.5 Å². The van der Waals surface area contributed by atoms with E-state index in [1.165, 1.54) is 33.6 Å². The van der Waals surface area contributed by atoms with Crippen LogP contribution in [0.3, 0.4) is 0 Å². The number of fused-ring (bicyclic) bond motifs is 2. The molecular weight excluding hydrogens is 485 g/mol. The Balaban J connectivity index is 1.64. The molecule has 0 radical (unpaired) electrons. The Morgan fingerprint density at radius 2 is 2.08 bits per heavy atom. The summed E-state index contributed by atoms with van der Waals surface area (Å²) < 4.78 is 16.9. The zero-order valence-corrected chi connectivity index (χ0v) is 19.2. The summed E-state index contributed by atoms with van der Waals surface area (Å²) in [6.45, 7) is 0.285. The van der Waals surface area contributed by atoms with Gasteiger partial charge >= 0.3 is 0 Å². The summed E-state index contributed by atoms with van der Waals surface area (Å²) in [5, 5.41) is 24.9. The molecule has 10 nitrogen and oxygen atoms in total. The lowest BCUT2D eigenvalue weighted by Gasteiger charge is -2.27. The zero-order chi connectivity index (χ0) is 25.0. The molecule has 6 rings (SSSR count). The summed E-state index contributed by atoms with van der Waals surface area (Å²) >= 11 is 6.28. The molecule has 0 unspecified atom stereocenters. The van der Waals surface area contributed by atoms with Crippen molar-refractivity contribution in [2.24, 2.45) is 5.92 Å². The highest BCUT2D eigenvalue weighted by molar-refractivity contribution is 6.33. The van der Waals surface area contributed by atoms with E-state index < -0.39 is 23.3 Å². The molecule has 1 N–H and O–H groups in total. The van der Waals surface area contributed by atoms with Crippen molar-refractivity contribution in [3.05, 3.63) is 81.6 Å². The van der Waals surface area contributed by atoms with Gasteiger partial charge in [0.15, 0.2) is 5.82 Å². The van der Waals surface area contributed by atoms with Crippen molar-refractivity contribution in [2.75, 3.05) is 11.4 Å². The first-order valence-corrected chi connectivity index (χ1v) is 11.3. The van der Waals surface area contributed by atoms with Crippen LogP contribution in [-0.2, 0) is 0 Å². The number of rotatable bonds is 3. The van der Waals surface area contributed by atoms with Gasteiger partial charge < -0.3 is 9.88 Å². The van der Waals surface area contributed by atoms with Crippen LogP contribution >= 0.6 is 11.6 Å². The van der Waals surface area contributed by atoms with Crippen molar-refractivity contribution in [3.63, 3.8) is 0 Å². The maximum Gasteiger partial charge on any atom is 0.284 e. The molecule has 12 heteroatoms. The van der Waals surface area contributed by atoms with Gasteiger partial charge in [0.2, 0.25) is 0 Å². The quantitative estimate of drug-likeness (QED) is 0.401. The number of halogens is 2. The van der Waals surface area contributed by atoms with Gasteiger partial charge in [0, 0.05) is 18.9 Å². The third kappa shape index (κ3) is 3.21. The first-order valence-electron chi connectivity index (χ1n) is 10.9. The number of nitrogens with zero attached hydrogens (tertiary/aromatic N) is 8. The number of benzene rings is 1. The standard InChI is InChI=1S/C24H15ClFN9O/c25-17-4-5-34-20(17)24(36)35(16-3-1-2-15(26)7-16)22(32-34)18-6-13(8-27)11-33(18)23-19-14(9-28)10-29-21(19)30-12-31-23/h1-5,7,10,12-13,18H,6,11H2,(H,29,30,31)/t13-,18+/m1/s1. The summed E-state index contributed by atoms with van der Waals surface area (Å²) in [5.74, 6) is -0.213. The van der Waals surface area contributed by atoms with Crippen LogP contribution in [0.15, 0.2) is 53.8 Å². The Bertz CT molecular complexity index is 1810. The molecule has 4 aromatic heterocycles. The molecule has 0 amide bonds. The summed E-state index contributed by atoms with van der Waals surface area (Å²) in [7, 11) is 0. The highest BCUT2D eigenvalue weighted by Crippen LogP contribution is 2.40. The van der Waals surface area contributed by atoms with E-state index in [-0.39, 0.29) is 28.6 Å². The smallest absolute Gasteiger partial charge is 0.284 e. The van der Waals surface area contributed by atoms with E-state index >= 15 is 0 Å². The molecule has 1 aromatic carbocycles. The fourth-order valence-electron chi connectivity index (χ4n) is 4.79. The van der Waals surface area contributed by atoms with Crippen LogP contribution in [0.1, 0.15) is 23.9 Å². The summed E-state index contributed by atoms with van der Waals surface area (Å²) in [6.07, 6.45) is 4.82. The van der Waals surface area contributed by atoms with Crippen molar-refractivity contribution in [3.8, 4) is 17.8 Å². The van der Waals surface area contributed by atoms with Crippen LogP contribution in [0, 0.1) is 34.4 Å². The zero-order valence-electron chi connectivity index (χ0n) is 18.4. The Morgan fingerprint density at radius 1 is 1.22 bits per heavy atom. The lowest BCUT2D eigenvalue weighted by molar-refractivity contribution is 0.584. The Hall–Kier alpha value is -4.74. The molecule has 176 valence electrons. The topological polar surface area (TPSA) is 132 Å². The number of aromatic amines is 1. The van der Waals surface area contributed by atoms with Gasteiger partial charge in [-0.25, -0.2) is 18.9 Å². The molecule has 0 aliphatic carbocycles. The fourth-order valence-corrected chi connectivity index (χ4v) is 5.01. The molecule has 36 heavy (non-hydrogen) atoms. The van der Waals surface area contributed by atoms with E-state index in [9.17, 15) is 19.7 Å². The van der Waals surface area contributed by atoms with E-state index in [0.29, 0.717) is 28.8 Å². The number of hydrogen-bond donors (Lipinski definition) is 1. The first kappa shape index (κ1) is 21.8. The summed E-state index contributed by atoms with van der Waals surface area (Å²) in [5.41, 5.74) is 0.762. The minimum atomic E-state index is -0.601. The average Bonchev–Trinajstić information content (AvgIpc) is 3.60. The third-order valence-corrected chi connectivity index (χ3v) is 6.66. The van der Waals surface area contributed by atoms with Crippen LogP contribution in [-0.4, -0.2) is 35.7 Å². The van der Waals surface area contributed by atoms with E-state index in [1.54, 1.807) is 24.5 Å². The van der Waals surface area contributed by atoms with Gasteiger partial charge in [-0.2, -0.15) is 15.6 Å². The normalized spacial score (nSPS) is 17.5. The number of nitrogens with one attached hydrogen (secondary N) is 1. The highest BCUT2D eigenvalue weighted by Gasteiger charge is 2.39. The van der Waals surface area contributed by atoms with E-state index in [4.69, 9.17) is 16.7 Å². The van der Waals surface area contributed by atoms with Crippen molar-refractivity contribution in [1.82, 2.24) is 29.1 Å². The van der Waals surface area contributed by atoms with Crippen molar-refractivity contribution >= 4 is 34.0 Å². The summed E-state index contributed by atoms with van der Waals surface area (Å²) in [6, 6.07) is 11.0. The van der Waals surface area contributed by atoms with Crippen molar-refractivity contribution in [2.45, 2.75) is 12.5 Å². The van der Waals surface area contributed by atoms with E-state index in [1.807, 2.05) is 4.90 Å². The second-order valence-electron chi connectivity index (χ2n) is 8.40. The minimum absolute atomic E-state index is 0.146. The number of anilines is 1. The largest absolute Gasteiger partial charge is 0.345 e. The van der Waals surface area contributed by atoms with E-state index in [2.05, 4.69) is 27.1 Å². The maximum absolute atomic E-state index is 14.2. The second kappa shape index (κ2) is 8.18. The molecular formula is C24H15ClFN9O. The molecule has 1 fully saturated rings. The summed E-state index contributed by atoms with van der Waals surface area (Å²) in [4.78, 5) is 27.2. The SMILES string of the molecule is N#Cc1c[nH]c2ncnc(N3C[C@@H](C#N)C[C@H]3c3nn4ccc(Cl)c4c(=O)n3-c3cccc(F)c3)c12. The van der Waals surface area contributed by atoms with E-state index in [0.717, 1.165) is 0 Å². The van der Waals surface area contributed by atoms with Gasteiger partial charge in [-0.05, 0) is 30.7 Å². The number of aromatic nitrogens is 6. The molecule has 1 aliphatic heterocycles. The predicted octanol–water partition coefficient (Wildman–Crippen LogP) is 3.51. The molecule has 0 saturated carbocycles. The van der Waals surface area contributed by atoms with Gasteiger partial charge in [-0.1, -0.05) is 17.7 Å². The molecule has 5 heterocycles. The molecule has 1 aliphatic rings. The van der Waals surface area contributed by atoms with Crippen LogP contribution in [0.5, 0.6) is 0 Å². The minimum Gasteiger partial charge on any atom is -0.345 e. The third-order valence-electron chi connectivity index (χ3n) is 6.35. The Morgan fingerprint density at radius 3 is 2.86 bits per heavy atom.